The van der Waals surface area contributed by atoms with Crippen LogP contribution in [-0.2, 0) is 0 Å². The maximum atomic E-state index is 2.30. The molecule has 108 valence electrons. The van der Waals surface area contributed by atoms with Gasteiger partial charge in [0, 0.05) is 0 Å². The first kappa shape index (κ1) is 14.3. The van der Waals surface area contributed by atoms with E-state index < -0.39 is 0 Å². The molecule has 0 aromatic heterocycles. The maximum absolute atomic E-state index is 2.30. The average Bonchev–Trinajstić information content (AvgIpc) is 2.56. The van der Waals surface area contributed by atoms with Crippen molar-refractivity contribution in [2.45, 2.75) is 13.8 Å². The Morgan fingerprint density at radius 2 is 1.23 bits per heavy atom. The minimum atomic E-state index is 1.25. The van der Waals surface area contributed by atoms with Crippen molar-refractivity contribution in [3.05, 3.63) is 107 Å². The topological polar surface area (TPSA) is 0 Å². The Morgan fingerprint density at radius 3 is 1.91 bits per heavy atom. The quantitative estimate of drug-likeness (QED) is 0.526. The zero-order valence-electron chi connectivity index (χ0n) is 13.1. The summed E-state index contributed by atoms with van der Waals surface area (Å²) in [4.78, 5) is 0. The molecule has 0 aliphatic rings. The fourth-order valence-electron chi connectivity index (χ4n) is 2.71. The van der Waals surface area contributed by atoms with Crippen molar-refractivity contribution in [3.63, 3.8) is 0 Å². The SMILES string of the molecule is Cc1ccccc1/C=C(/c1ccccc1)c1ccccc1C. The molecule has 3 aromatic carbocycles. The second kappa shape index (κ2) is 6.44. The largest absolute Gasteiger partial charge is 0.0622 e. The van der Waals surface area contributed by atoms with E-state index in [0.717, 1.165) is 0 Å². The molecular weight excluding hydrogens is 264 g/mol. The monoisotopic (exact) mass is 284 g/mol. The third-order valence-corrected chi connectivity index (χ3v) is 4.01. The van der Waals surface area contributed by atoms with E-state index >= 15 is 0 Å². The molecule has 0 aliphatic carbocycles. The molecule has 0 bridgehead atoms. The van der Waals surface area contributed by atoms with Gasteiger partial charge in [-0.25, -0.2) is 0 Å². The van der Waals surface area contributed by atoms with Gasteiger partial charge in [0.2, 0.25) is 0 Å². The van der Waals surface area contributed by atoms with Gasteiger partial charge in [-0.3, -0.25) is 0 Å². The Labute approximate surface area is 132 Å². The number of rotatable bonds is 3. The molecule has 0 saturated heterocycles. The summed E-state index contributed by atoms with van der Waals surface area (Å²) in [5.41, 5.74) is 7.67. The van der Waals surface area contributed by atoms with Gasteiger partial charge in [0.15, 0.2) is 0 Å². The third kappa shape index (κ3) is 3.01. The van der Waals surface area contributed by atoms with Crippen LogP contribution >= 0.6 is 0 Å². The zero-order chi connectivity index (χ0) is 15.4. The van der Waals surface area contributed by atoms with E-state index in [2.05, 4.69) is 98.8 Å². The van der Waals surface area contributed by atoms with Gasteiger partial charge in [-0.1, -0.05) is 78.9 Å². The van der Waals surface area contributed by atoms with Gasteiger partial charge in [-0.15, -0.1) is 0 Å². The summed E-state index contributed by atoms with van der Waals surface area (Å²) in [7, 11) is 0. The van der Waals surface area contributed by atoms with Gasteiger partial charge in [0.25, 0.3) is 0 Å². The zero-order valence-corrected chi connectivity index (χ0v) is 13.1. The summed E-state index contributed by atoms with van der Waals surface area (Å²) in [6.07, 6.45) is 2.30. The van der Waals surface area contributed by atoms with Crippen molar-refractivity contribution < 1.29 is 0 Å². The molecular formula is C22H20. The van der Waals surface area contributed by atoms with Crippen LogP contribution in [0.1, 0.15) is 27.8 Å². The molecule has 0 heteroatoms. The summed E-state index contributed by atoms with van der Waals surface area (Å²) < 4.78 is 0. The van der Waals surface area contributed by atoms with E-state index in [1.165, 1.54) is 33.4 Å². The second-order valence-electron chi connectivity index (χ2n) is 5.60. The highest BCUT2D eigenvalue weighted by Crippen LogP contribution is 2.29. The van der Waals surface area contributed by atoms with Gasteiger partial charge < -0.3 is 0 Å². The van der Waals surface area contributed by atoms with E-state index in [1.54, 1.807) is 0 Å². The highest BCUT2D eigenvalue weighted by Gasteiger charge is 2.08. The molecule has 0 heterocycles. The van der Waals surface area contributed by atoms with Gasteiger partial charge >= 0.3 is 0 Å². The first-order chi connectivity index (χ1) is 10.8. The first-order valence-corrected chi connectivity index (χ1v) is 7.64. The highest BCUT2D eigenvalue weighted by molar-refractivity contribution is 5.92. The van der Waals surface area contributed by atoms with Crippen LogP contribution in [0, 0.1) is 13.8 Å². The van der Waals surface area contributed by atoms with Crippen LogP contribution < -0.4 is 0 Å². The molecule has 0 fully saturated rings. The van der Waals surface area contributed by atoms with Crippen LogP contribution in [0.3, 0.4) is 0 Å². The van der Waals surface area contributed by atoms with Crippen molar-refractivity contribution in [3.8, 4) is 0 Å². The Balaban J connectivity index is 2.21. The minimum Gasteiger partial charge on any atom is -0.0622 e. The molecule has 0 saturated carbocycles. The molecule has 0 atom stereocenters. The number of benzene rings is 3. The predicted octanol–water partition coefficient (Wildman–Crippen LogP) is 5.89. The number of hydrogen-bond acceptors (Lipinski definition) is 0. The lowest BCUT2D eigenvalue weighted by Gasteiger charge is -2.12. The Bertz CT molecular complexity index is 795. The van der Waals surface area contributed by atoms with E-state index in [-0.39, 0.29) is 0 Å². The van der Waals surface area contributed by atoms with Crippen molar-refractivity contribution in [2.75, 3.05) is 0 Å². The molecule has 0 aliphatic heterocycles. The van der Waals surface area contributed by atoms with E-state index in [9.17, 15) is 0 Å². The molecule has 0 radical (unpaired) electrons. The van der Waals surface area contributed by atoms with E-state index in [4.69, 9.17) is 0 Å². The lowest BCUT2D eigenvalue weighted by Crippen LogP contribution is -1.92. The van der Waals surface area contributed by atoms with Crippen LogP contribution in [0.4, 0.5) is 0 Å². The van der Waals surface area contributed by atoms with E-state index in [0.29, 0.717) is 0 Å². The van der Waals surface area contributed by atoms with Gasteiger partial charge in [0.05, 0.1) is 0 Å². The lowest BCUT2D eigenvalue weighted by molar-refractivity contribution is 1.41. The van der Waals surface area contributed by atoms with Gasteiger partial charge in [-0.2, -0.15) is 0 Å². The summed E-state index contributed by atoms with van der Waals surface area (Å²) in [6.45, 7) is 4.33. The Hall–Kier alpha value is -2.60. The van der Waals surface area contributed by atoms with Gasteiger partial charge in [0.1, 0.15) is 0 Å². The fourth-order valence-corrected chi connectivity index (χ4v) is 2.71. The maximum Gasteiger partial charge on any atom is -0.0103 e. The Kier molecular flexibility index (Phi) is 4.20. The van der Waals surface area contributed by atoms with Crippen LogP contribution in [0.5, 0.6) is 0 Å². The molecule has 3 aromatic rings. The highest BCUT2D eigenvalue weighted by atomic mass is 14.1. The second-order valence-corrected chi connectivity index (χ2v) is 5.60. The molecule has 0 amide bonds. The van der Waals surface area contributed by atoms with Crippen LogP contribution in [0.2, 0.25) is 0 Å². The summed E-state index contributed by atoms with van der Waals surface area (Å²) >= 11 is 0. The number of aryl methyl sites for hydroxylation is 2. The third-order valence-electron chi connectivity index (χ3n) is 4.01. The molecule has 0 spiro atoms. The average molecular weight is 284 g/mol. The molecule has 0 N–H and O–H groups in total. The number of hydrogen-bond donors (Lipinski definition) is 0. The van der Waals surface area contributed by atoms with Crippen molar-refractivity contribution in [1.82, 2.24) is 0 Å². The van der Waals surface area contributed by atoms with Crippen molar-refractivity contribution >= 4 is 11.6 Å². The van der Waals surface area contributed by atoms with Gasteiger partial charge in [-0.05, 0) is 53.3 Å². The fraction of sp³-hybridized carbons (Fsp3) is 0.0909. The molecule has 0 nitrogen and oxygen atoms in total. The normalized spacial score (nSPS) is 11.5. The van der Waals surface area contributed by atoms with Crippen LogP contribution in [0.25, 0.3) is 11.6 Å². The standard InChI is InChI=1S/C22H20/c1-17-10-6-8-14-20(17)16-22(19-12-4-3-5-13-19)21-15-9-7-11-18(21)2/h3-16H,1-2H3/b22-16-. The lowest BCUT2D eigenvalue weighted by atomic mass is 9.92. The van der Waals surface area contributed by atoms with Crippen molar-refractivity contribution in [1.29, 1.82) is 0 Å². The first-order valence-electron chi connectivity index (χ1n) is 7.64. The van der Waals surface area contributed by atoms with E-state index in [1.807, 2.05) is 0 Å². The molecule has 0 unspecified atom stereocenters. The Morgan fingerprint density at radius 1 is 0.636 bits per heavy atom. The smallest absolute Gasteiger partial charge is 0.0103 e. The van der Waals surface area contributed by atoms with Crippen LogP contribution in [-0.4, -0.2) is 0 Å². The van der Waals surface area contributed by atoms with Crippen molar-refractivity contribution in [2.24, 2.45) is 0 Å². The van der Waals surface area contributed by atoms with Crippen LogP contribution in [0.15, 0.2) is 78.9 Å². The predicted molar refractivity (Wildman–Crippen MR) is 95.8 cm³/mol. The summed E-state index contributed by atoms with van der Waals surface area (Å²) in [5, 5.41) is 0. The molecule has 22 heavy (non-hydrogen) atoms. The summed E-state index contributed by atoms with van der Waals surface area (Å²) in [6, 6.07) is 27.7. The minimum absolute atomic E-state index is 1.25. The summed E-state index contributed by atoms with van der Waals surface area (Å²) in [5.74, 6) is 0. The molecule has 3 rings (SSSR count).